The molecule has 0 aromatic heterocycles. The SMILES string of the molecule is O=C(O)CCCCCC[C@H]1[C@@H](CO)[C@H]2CC[C@@H]1O2. The first kappa shape index (κ1) is 13.8. The quantitative estimate of drug-likeness (QED) is 0.653. The van der Waals surface area contributed by atoms with Gasteiger partial charge in [-0.3, -0.25) is 4.79 Å². The molecule has 4 nitrogen and oxygen atoms in total. The summed E-state index contributed by atoms with van der Waals surface area (Å²) < 4.78 is 5.86. The van der Waals surface area contributed by atoms with E-state index in [-0.39, 0.29) is 13.0 Å². The lowest BCUT2D eigenvalue weighted by molar-refractivity contribution is -0.137. The van der Waals surface area contributed by atoms with Crippen molar-refractivity contribution in [2.24, 2.45) is 11.8 Å². The van der Waals surface area contributed by atoms with Gasteiger partial charge in [-0.25, -0.2) is 0 Å². The minimum atomic E-state index is -0.697. The second-order valence-electron chi connectivity index (χ2n) is 5.65. The Hall–Kier alpha value is -0.610. The summed E-state index contributed by atoms with van der Waals surface area (Å²) >= 11 is 0. The number of hydrogen-bond donors (Lipinski definition) is 2. The number of fused-ring (bicyclic) bond motifs is 2. The van der Waals surface area contributed by atoms with Gasteiger partial charge in [0.1, 0.15) is 0 Å². The second kappa shape index (κ2) is 6.53. The Balaban J connectivity index is 1.60. The molecule has 2 aliphatic rings. The van der Waals surface area contributed by atoms with Crippen LogP contribution in [-0.2, 0) is 9.53 Å². The molecule has 104 valence electrons. The largest absolute Gasteiger partial charge is 0.481 e. The predicted octanol–water partition coefficient (Wildman–Crippen LogP) is 2.20. The number of carbonyl (C=O) groups is 1. The van der Waals surface area contributed by atoms with Gasteiger partial charge < -0.3 is 14.9 Å². The van der Waals surface area contributed by atoms with Crippen LogP contribution in [0, 0.1) is 11.8 Å². The molecule has 2 aliphatic heterocycles. The van der Waals surface area contributed by atoms with E-state index in [2.05, 4.69) is 0 Å². The number of aliphatic hydroxyl groups is 1. The summed E-state index contributed by atoms with van der Waals surface area (Å²) in [5.74, 6) is 0.188. The molecule has 2 N–H and O–H groups in total. The summed E-state index contributed by atoms with van der Waals surface area (Å²) in [4.78, 5) is 10.4. The molecule has 0 aromatic rings. The first-order valence-electron chi connectivity index (χ1n) is 7.20. The Bertz CT molecular complexity index is 279. The molecule has 0 spiro atoms. The minimum absolute atomic E-state index is 0.255. The number of carboxylic acid groups (broad SMARTS) is 1. The normalized spacial score (nSPS) is 34.1. The Morgan fingerprint density at radius 2 is 1.72 bits per heavy atom. The molecule has 2 fully saturated rings. The third-order valence-corrected chi connectivity index (χ3v) is 4.48. The van der Waals surface area contributed by atoms with Gasteiger partial charge in [0, 0.05) is 18.9 Å². The van der Waals surface area contributed by atoms with Crippen molar-refractivity contribution in [3.63, 3.8) is 0 Å². The number of hydrogen-bond acceptors (Lipinski definition) is 3. The van der Waals surface area contributed by atoms with E-state index >= 15 is 0 Å². The summed E-state index contributed by atoms with van der Waals surface area (Å²) in [6.45, 7) is 0.255. The van der Waals surface area contributed by atoms with Gasteiger partial charge in [-0.15, -0.1) is 0 Å². The molecule has 4 atom stereocenters. The van der Waals surface area contributed by atoms with Crippen LogP contribution in [0.25, 0.3) is 0 Å². The molecular formula is C14H24O4. The zero-order valence-corrected chi connectivity index (χ0v) is 10.9. The maximum absolute atomic E-state index is 10.4. The van der Waals surface area contributed by atoms with Crippen molar-refractivity contribution in [2.75, 3.05) is 6.61 Å². The molecule has 0 aliphatic carbocycles. The van der Waals surface area contributed by atoms with Crippen LogP contribution >= 0.6 is 0 Å². The van der Waals surface area contributed by atoms with Gasteiger partial charge >= 0.3 is 5.97 Å². The lowest BCUT2D eigenvalue weighted by Crippen LogP contribution is -2.29. The molecule has 0 saturated carbocycles. The molecule has 2 bridgehead atoms. The van der Waals surface area contributed by atoms with E-state index in [1.165, 1.54) is 0 Å². The van der Waals surface area contributed by atoms with Crippen molar-refractivity contribution in [3.05, 3.63) is 0 Å². The van der Waals surface area contributed by atoms with E-state index in [9.17, 15) is 9.90 Å². The van der Waals surface area contributed by atoms with Gasteiger partial charge in [0.2, 0.25) is 0 Å². The summed E-state index contributed by atoms with van der Waals surface area (Å²) in [5, 5.41) is 18.0. The van der Waals surface area contributed by atoms with Crippen LogP contribution in [0.4, 0.5) is 0 Å². The number of aliphatic carboxylic acids is 1. The van der Waals surface area contributed by atoms with Gasteiger partial charge in [-0.05, 0) is 31.6 Å². The summed E-state index contributed by atoms with van der Waals surface area (Å²) in [6, 6.07) is 0. The third kappa shape index (κ3) is 3.23. The average Bonchev–Trinajstić information content (AvgIpc) is 2.93. The van der Waals surface area contributed by atoms with E-state index in [1.54, 1.807) is 0 Å². The molecule has 0 aromatic carbocycles. The lowest BCUT2D eigenvalue weighted by Gasteiger charge is -2.26. The highest BCUT2D eigenvalue weighted by molar-refractivity contribution is 5.66. The zero-order valence-electron chi connectivity index (χ0n) is 10.9. The Morgan fingerprint density at radius 3 is 2.39 bits per heavy atom. The van der Waals surface area contributed by atoms with Crippen molar-refractivity contribution >= 4 is 5.97 Å². The standard InChI is InChI=1S/C14H24O4/c15-9-11-10(12-7-8-13(11)18-12)5-3-1-2-4-6-14(16)17/h10-13,15H,1-9H2,(H,16,17)/t10-,11+,12-,13+/m0/s1. The lowest BCUT2D eigenvalue weighted by atomic mass is 9.77. The molecular weight excluding hydrogens is 232 g/mol. The highest BCUT2D eigenvalue weighted by Crippen LogP contribution is 2.45. The number of carboxylic acids is 1. The fourth-order valence-corrected chi connectivity index (χ4v) is 3.53. The van der Waals surface area contributed by atoms with Gasteiger partial charge in [0.25, 0.3) is 0 Å². The Morgan fingerprint density at radius 1 is 1.06 bits per heavy atom. The fourth-order valence-electron chi connectivity index (χ4n) is 3.53. The van der Waals surface area contributed by atoms with Crippen LogP contribution in [0.3, 0.4) is 0 Å². The van der Waals surface area contributed by atoms with E-state index in [0.29, 0.717) is 24.0 Å². The van der Waals surface area contributed by atoms with Gasteiger partial charge in [-0.1, -0.05) is 19.3 Å². The molecule has 2 saturated heterocycles. The maximum Gasteiger partial charge on any atom is 0.303 e. The van der Waals surface area contributed by atoms with Crippen LogP contribution in [0.2, 0.25) is 0 Å². The van der Waals surface area contributed by atoms with Crippen LogP contribution in [0.15, 0.2) is 0 Å². The van der Waals surface area contributed by atoms with E-state index < -0.39 is 5.97 Å². The fraction of sp³-hybridized carbons (Fsp3) is 0.929. The predicted molar refractivity (Wildman–Crippen MR) is 67.3 cm³/mol. The zero-order chi connectivity index (χ0) is 13.0. The van der Waals surface area contributed by atoms with Crippen LogP contribution in [0.1, 0.15) is 51.4 Å². The topological polar surface area (TPSA) is 66.8 Å². The van der Waals surface area contributed by atoms with Gasteiger partial charge in [-0.2, -0.15) is 0 Å². The Labute approximate surface area is 108 Å². The first-order chi connectivity index (χ1) is 8.72. The molecule has 18 heavy (non-hydrogen) atoms. The van der Waals surface area contributed by atoms with Crippen molar-refractivity contribution < 1.29 is 19.7 Å². The molecule has 2 heterocycles. The van der Waals surface area contributed by atoms with Crippen molar-refractivity contribution in [1.29, 1.82) is 0 Å². The summed E-state index contributed by atoms with van der Waals surface area (Å²) in [5.41, 5.74) is 0. The van der Waals surface area contributed by atoms with Crippen LogP contribution in [-0.4, -0.2) is 35.0 Å². The Kier molecular flexibility index (Phi) is 5.01. The average molecular weight is 256 g/mol. The van der Waals surface area contributed by atoms with Gasteiger partial charge in [0.15, 0.2) is 0 Å². The first-order valence-corrected chi connectivity index (χ1v) is 7.20. The van der Waals surface area contributed by atoms with E-state index in [1.807, 2.05) is 0 Å². The molecule has 0 radical (unpaired) electrons. The van der Waals surface area contributed by atoms with Crippen molar-refractivity contribution in [2.45, 2.75) is 63.6 Å². The van der Waals surface area contributed by atoms with Crippen molar-refractivity contribution in [1.82, 2.24) is 0 Å². The number of rotatable bonds is 8. The van der Waals surface area contributed by atoms with E-state index in [0.717, 1.165) is 44.9 Å². The molecule has 4 heteroatoms. The molecule has 0 amide bonds. The monoisotopic (exact) mass is 256 g/mol. The number of unbranched alkanes of at least 4 members (excludes halogenated alkanes) is 3. The third-order valence-electron chi connectivity index (χ3n) is 4.48. The van der Waals surface area contributed by atoms with Crippen LogP contribution in [0.5, 0.6) is 0 Å². The highest BCUT2D eigenvalue weighted by Gasteiger charge is 2.47. The minimum Gasteiger partial charge on any atom is -0.481 e. The number of ether oxygens (including phenoxy) is 1. The summed E-state index contributed by atoms with van der Waals surface area (Å²) in [7, 11) is 0. The maximum atomic E-state index is 10.4. The summed E-state index contributed by atoms with van der Waals surface area (Å²) in [6.07, 6.45) is 8.38. The van der Waals surface area contributed by atoms with Crippen LogP contribution < -0.4 is 0 Å². The smallest absolute Gasteiger partial charge is 0.303 e. The molecule has 2 rings (SSSR count). The molecule has 0 unspecified atom stereocenters. The van der Waals surface area contributed by atoms with Gasteiger partial charge in [0.05, 0.1) is 12.2 Å². The second-order valence-corrected chi connectivity index (χ2v) is 5.65. The van der Waals surface area contributed by atoms with Crippen molar-refractivity contribution in [3.8, 4) is 0 Å². The van der Waals surface area contributed by atoms with E-state index in [4.69, 9.17) is 9.84 Å². The number of aliphatic hydroxyl groups excluding tert-OH is 1. The highest BCUT2D eigenvalue weighted by atomic mass is 16.5.